The van der Waals surface area contributed by atoms with E-state index in [4.69, 9.17) is 9.47 Å². The third-order valence-electron chi connectivity index (χ3n) is 17.4. The molecule has 64 heavy (non-hydrogen) atoms. The summed E-state index contributed by atoms with van der Waals surface area (Å²) in [5, 5.41) is 0. The van der Waals surface area contributed by atoms with E-state index in [9.17, 15) is 9.59 Å². The Morgan fingerprint density at radius 2 is 1.34 bits per heavy atom. The van der Waals surface area contributed by atoms with Crippen molar-refractivity contribution in [1.82, 2.24) is 0 Å². The molecule has 0 heterocycles. The number of hydrogen-bond acceptors (Lipinski definition) is 4. The lowest BCUT2D eigenvalue weighted by molar-refractivity contribution is -0.0595. The van der Waals surface area contributed by atoms with Crippen LogP contribution in [0.1, 0.15) is 241 Å². The Hall–Kier alpha value is -2.95. The molecule has 0 spiro atoms. The Kier molecular flexibility index (Phi) is 19.5. The molecule has 3 fully saturated rings. The minimum absolute atomic E-state index is 0.0735. The molecule has 0 amide bonds. The van der Waals surface area contributed by atoms with Crippen LogP contribution in [-0.2, 0) is 11.2 Å². The van der Waals surface area contributed by atoms with Gasteiger partial charge in [0.05, 0.1) is 11.1 Å². The number of hydrogen-bond donors (Lipinski definition) is 0. The third kappa shape index (κ3) is 13.4. The summed E-state index contributed by atoms with van der Waals surface area (Å²) in [5.41, 5.74) is 3.57. The molecule has 0 aromatic heterocycles. The number of unbranched alkanes of at least 4 members (excludes halogenated alkanes) is 15. The monoisotopic (exact) mass is 881 g/mol. The van der Waals surface area contributed by atoms with Crippen molar-refractivity contribution in [2.24, 2.45) is 46.3 Å². The Morgan fingerprint density at radius 3 is 1.97 bits per heavy atom. The van der Waals surface area contributed by atoms with Gasteiger partial charge in [-0.3, -0.25) is 0 Å². The van der Waals surface area contributed by atoms with E-state index in [1.54, 1.807) is 12.1 Å². The summed E-state index contributed by atoms with van der Waals surface area (Å²) < 4.78 is 27.0. The topological polar surface area (TPSA) is 52.6 Å². The number of allylic oxidation sites excluding steroid dienone is 1. The Bertz CT molecular complexity index is 1780. The fraction of sp³-hybridized carbons (Fsp3) is 0.729. The second kappa shape index (κ2) is 24.7. The number of carbonyl (C=O) groups excluding carboxylic acids is 2. The number of halogens is 1. The lowest BCUT2D eigenvalue weighted by Gasteiger charge is -2.58. The van der Waals surface area contributed by atoms with Crippen molar-refractivity contribution in [2.75, 3.05) is 0 Å². The molecule has 0 bridgehead atoms. The van der Waals surface area contributed by atoms with Gasteiger partial charge in [-0.15, -0.1) is 0 Å². The molecule has 8 atom stereocenters. The molecule has 0 unspecified atom stereocenters. The first-order chi connectivity index (χ1) is 30.9. The van der Waals surface area contributed by atoms with E-state index in [0.717, 1.165) is 74.2 Å². The van der Waals surface area contributed by atoms with E-state index in [1.165, 1.54) is 165 Å². The summed E-state index contributed by atoms with van der Waals surface area (Å²) in [6.07, 6.45) is 38.2. The molecule has 5 heteroatoms. The average Bonchev–Trinajstić information content (AvgIpc) is 3.63. The van der Waals surface area contributed by atoms with Crippen LogP contribution in [0.4, 0.5) is 4.39 Å². The Labute approximate surface area is 390 Å². The number of benzene rings is 2. The van der Waals surface area contributed by atoms with Crippen LogP contribution in [0.2, 0.25) is 0 Å². The predicted molar refractivity (Wildman–Crippen MR) is 263 cm³/mol. The average molecular weight is 881 g/mol. The van der Waals surface area contributed by atoms with Crippen molar-refractivity contribution in [3.63, 3.8) is 0 Å². The number of esters is 2. The molecule has 4 aliphatic rings. The van der Waals surface area contributed by atoms with Crippen LogP contribution in [0.15, 0.2) is 54.1 Å². The van der Waals surface area contributed by atoms with Crippen LogP contribution < -0.4 is 4.74 Å². The van der Waals surface area contributed by atoms with Crippen molar-refractivity contribution in [2.45, 2.75) is 227 Å². The summed E-state index contributed by atoms with van der Waals surface area (Å²) in [4.78, 5) is 26.4. The van der Waals surface area contributed by atoms with Crippen LogP contribution >= 0.6 is 0 Å². The van der Waals surface area contributed by atoms with Crippen LogP contribution in [0.5, 0.6) is 5.75 Å². The second-order valence-corrected chi connectivity index (χ2v) is 22.3. The van der Waals surface area contributed by atoms with Crippen LogP contribution in [0.25, 0.3) is 0 Å². The molecule has 356 valence electrons. The highest BCUT2D eigenvalue weighted by Crippen LogP contribution is 2.67. The molecule has 0 N–H and O–H groups in total. The fourth-order valence-corrected chi connectivity index (χ4v) is 13.5. The highest BCUT2D eigenvalue weighted by molar-refractivity contribution is 5.92. The summed E-state index contributed by atoms with van der Waals surface area (Å²) >= 11 is 0. The molecule has 4 aliphatic carbocycles. The van der Waals surface area contributed by atoms with E-state index in [-0.39, 0.29) is 22.8 Å². The van der Waals surface area contributed by atoms with Crippen molar-refractivity contribution in [1.29, 1.82) is 0 Å². The first-order valence-electron chi connectivity index (χ1n) is 26.9. The molecule has 4 nitrogen and oxygen atoms in total. The van der Waals surface area contributed by atoms with Gasteiger partial charge in [0.15, 0.2) is 0 Å². The van der Waals surface area contributed by atoms with Crippen molar-refractivity contribution in [3.05, 3.63) is 76.6 Å². The first kappa shape index (κ1) is 50.5. The van der Waals surface area contributed by atoms with Crippen LogP contribution in [0, 0.1) is 52.2 Å². The number of aryl methyl sites for hydroxylation is 1. The van der Waals surface area contributed by atoms with Gasteiger partial charge in [0.2, 0.25) is 0 Å². The van der Waals surface area contributed by atoms with Crippen LogP contribution in [-0.4, -0.2) is 18.0 Å². The van der Waals surface area contributed by atoms with Gasteiger partial charge in [0, 0.05) is 12.5 Å². The molecule has 0 aliphatic heterocycles. The van der Waals surface area contributed by atoms with Crippen molar-refractivity contribution < 1.29 is 23.5 Å². The molecule has 2 aromatic carbocycles. The van der Waals surface area contributed by atoms with Gasteiger partial charge < -0.3 is 9.47 Å². The SMILES string of the molecule is CCCCCCCCCCCCCCCCCCc1ccc(C(=O)Oc2ccc(C(=O)O[C@H]3CC[C@@]4(C)C(=CC[C@H]5[C@@H]6CC[C@H]([C@H](C)CCCC(C)C)[C@@]6(C)CC[C@@H]54)C3)c(F)c2)cc1. The molecular weight excluding hydrogens is 792 g/mol. The Morgan fingerprint density at radius 1 is 0.703 bits per heavy atom. The number of carbonyl (C=O) groups is 2. The van der Waals surface area contributed by atoms with Crippen LogP contribution in [0.3, 0.4) is 0 Å². The van der Waals surface area contributed by atoms with Gasteiger partial charge in [0.25, 0.3) is 0 Å². The van der Waals surface area contributed by atoms with Gasteiger partial charge in [-0.05, 0) is 134 Å². The summed E-state index contributed by atoms with van der Waals surface area (Å²) in [6, 6.07) is 11.6. The molecule has 0 radical (unpaired) electrons. The zero-order valence-corrected chi connectivity index (χ0v) is 41.5. The van der Waals surface area contributed by atoms with Gasteiger partial charge in [-0.25, -0.2) is 14.0 Å². The quantitative estimate of drug-likeness (QED) is 0.0409. The zero-order valence-electron chi connectivity index (χ0n) is 41.5. The lowest BCUT2D eigenvalue weighted by Crippen LogP contribution is -2.51. The fourth-order valence-electron chi connectivity index (χ4n) is 13.5. The number of ether oxygens (including phenoxy) is 2. The smallest absolute Gasteiger partial charge is 0.343 e. The van der Waals surface area contributed by atoms with E-state index >= 15 is 4.39 Å². The summed E-state index contributed by atoms with van der Waals surface area (Å²) in [7, 11) is 0. The van der Waals surface area contributed by atoms with Crippen molar-refractivity contribution in [3.8, 4) is 5.75 Å². The van der Waals surface area contributed by atoms with Gasteiger partial charge in [-0.1, -0.05) is 181 Å². The maximum Gasteiger partial charge on any atom is 0.343 e. The molecule has 6 rings (SSSR count). The van der Waals surface area contributed by atoms with Crippen molar-refractivity contribution >= 4 is 11.9 Å². The molecule has 0 saturated heterocycles. The third-order valence-corrected chi connectivity index (χ3v) is 17.4. The maximum atomic E-state index is 15.4. The van der Waals surface area contributed by atoms with E-state index < -0.39 is 17.8 Å². The zero-order chi connectivity index (χ0) is 45.5. The van der Waals surface area contributed by atoms with E-state index in [2.05, 4.69) is 47.6 Å². The molecule has 2 aromatic rings. The van der Waals surface area contributed by atoms with E-state index in [0.29, 0.717) is 16.9 Å². The Balaban J connectivity index is 0.883. The highest BCUT2D eigenvalue weighted by Gasteiger charge is 2.59. The molecule has 3 saturated carbocycles. The summed E-state index contributed by atoms with van der Waals surface area (Å²) in [5.74, 6) is 2.84. The lowest BCUT2D eigenvalue weighted by atomic mass is 9.47. The predicted octanol–water partition coefficient (Wildman–Crippen LogP) is 17.4. The van der Waals surface area contributed by atoms with Gasteiger partial charge >= 0.3 is 11.9 Å². The second-order valence-electron chi connectivity index (χ2n) is 22.3. The standard InChI is InChI=1S/C59H89FO4/c1-7-8-9-10-11-12-13-14-15-16-17-18-19-20-21-22-26-45-27-29-46(30-28-45)56(61)63-48-32-34-51(55(60)42-48)57(62)64-49-37-39-58(5)47(41-49)31-33-50-53-36-35-52(44(4)25-23-24-43(2)3)59(53,6)40-38-54(50)58/h27-32,34,42-44,49-50,52-54H,7-26,33,35-41H2,1-6H3/t44-,49+,50+,52-,53+,54+,58+,59-/m1/s1. The first-order valence-corrected chi connectivity index (χ1v) is 26.9. The number of rotatable bonds is 26. The highest BCUT2D eigenvalue weighted by atomic mass is 19.1. The minimum Gasteiger partial charge on any atom is -0.458 e. The normalized spacial score (nSPS) is 26.8. The van der Waals surface area contributed by atoms with Gasteiger partial charge in [0.1, 0.15) is 17.7 Å². The molecular formula is C59H89FO4. The minimum atomic E-state index is -0.737. The summed E-state index contributed by atoms with van der Waals surface area (Å²) in [6.45, 7) is 14.7. The maximum absolute atomic E-state index is 15.4. The number of fused-ring (bicyclic) bond motifs is 5. The van der Waals surface area contributed by atoms with Gasteiger partial charge in [-0.2, -0.15) is 0 Å². The van der Waals surface area contributed by atoms with E-state index in [1.807, 2.05) is 12.1 Å². The largest absolute Gasteiger partial charge is 0.458 e.